The second kappa shape index (κ2) is 6.36. The van der Waals surface area contributed by atoms with Gasteiger partial charge in [-0.3, -0.25) is 5.32 Å². The molecule has 0 spiro atoms. The molecule has 6 heteroatoms. The highest BCUT2D eigenvalue weighted by Crippen LogP contribution is 2.42. The number of rotatable bonds is 4. The normalized spacial score (nSPS) is 10.7. The predicted molar refractivity (Wildman–Crippen MR) is 76.0 cm³/mol. The van der Waals surface area contributed by atoms with Crippen LogP contribution >= 0.6 is 0 Å². The number of nitrogens with one attached hydrogen (secondary N) is 1. The van der Waals surface area contributed by atoms with Gasteiger partial charge in [-0.05, 0) is 32.9 Å². The fourth-order valence-electron chi connectivity index (χ4n) is 1.61. The lowest BCUT2D eigenvalue weighted by Gasteiger charge is -2.21. The maximum absolute atomic E-state index is 11.8. The van der Waals surface area contributed by atoms with Crippen LogP contribution in [0, 0.1) is 0 Å². The van der Waals surface area contributed by atoms with E-state index in [2.05, 4.69) is 5.32 Å². The summed E-state index contributed by atoms with van der Waals surface area (Å²) in [4.78, 5) is 11.8. The van der Waals surface area contributed by atoms with Crippen LogP contribution in [0.15, 0.2) is 12.1 Å². The Kier molecular flexibility index (Phi) is 5.07. The number of ether oxygens (including phenoxy) is 4. The van der Waals surface area contributed by atoms with Crippen molar-refractivity contribution in [1.82, 2.24) is 0 Å². The Morgan fingerprint density at radius 2 is 1.60 bits per heavy atom. The van der Waals surface area contributed by atoms with Crippen molar-refractivity contribution in [2.75, 3.05) is 26.6 Å². The predicted octanol–water partition coefficient (Wildman–Crippen LogP) is 3.06. The van der Waals surface area contributed by atoms with Gasteiger partial charge < -0.3 is 18.9 Å². The van der Waals surface area contributed by atoms with Gasteiger partial charge in [0.15, 0.2) is 11.5 Å². The molecular weight excluding hydrogens is 262 g/mol. The Hall–Kier alpha value is -2.11. The smallest absolute Gasteiger partial charge is 0.412 e. The van der Waals surface area contributed by atoms with Crippen LogP contribution in [0.25, 0.3) is 0 Å². The first-order chi connectivity index (χ1) is 9.32. The third-order valence-electron chi connectivity index (χ3n) is 2.34. The molecule has 1 aromatic carbocycles. The summed E-state index contributed by atoms with van der Waals surface area (Å²) < 4.78 is 20.9. The van der Waals surface area contributed by atoms with Crippen LogP contribution in [0.4, 0.5) is 10.5 Å². The number of anilines is 1. The van der Waals surface area contributed by atoms with E-state index in [0.29, 0.717) is 22.9 Å². The van der Waals surface area contributed by atoms with E-state index < -0.39 is 11.7 Å². The van der Waals surface area contributed by atoms with Crippen LogP contribution in [0.2, 0.25) is 0 Å². The Morgan fingerprint density at radius 3 is 2.05 bits per heavy atom. The highest BCUT2D eigenvalue weighted by atomic mass is 16.6. The standard InChI is InChI=1S/C14H21NO5/c1-14(2,3)20-13(16)15-9-7-8-10(17-4)12(19-6)11(9)18-5/h7-8H,1-6H3,(H,15,16). The average molecular weight is 283 g/mol. The molecule has 1 rings (SSSR count). The maximum atomic E-state index is 11.8. The molecule has 0 saturated carbocycles. The van der Waals surface area contributed by atoms with Gasteiger partial charge in [-0.25, -0.2) is 4.79 Å². The fraction of sp³-hybridized carbons (Fsp3) is 0.500. The van der Waals surface area contributed by atoms with Crippen LogP contribution in [0.5, 0.6) is 17.2 Å². The highest BCUT2D eigenvalue weighted by molar-refractivity contribution is 5.88. The number of amides is 1. The zero-order chi connectivity index (χ0) is 15.3. The second-order valence-corrected chi connectivity index (χ2v) is 5.01. The summed E-state index contributed by atoms with van der Waals surface area (Å²) in [6.07, 6.45) is -0.567. The molecule has 0 bridgehead atoms. The van der Waals surface area contributed by atoms with Crippen molar-refractivity contribution in [3.63, 3.8) is 0 Å². The van der Waals surface area contributed by atoms with Crippen molar-refractivity contribution in [3.8, 4) is 17.2 Å². The summed E-state index contributed by atoms with van der Waals surface area (Å²) in [5, 5.41) is 2.62. The molecule has 0 heterocycles. The van der Waals surface area contributed by atoms with Crippen LogP contribution in [-0.4, -0.2) is 33.0 Å². The van der Waals surface area contributed by atoms with E-state index in [0.717, 1.165) is 0 Å². The molecule has 0 aliphatic carbocycles. The first-order valence-electron chi connectivity index (χ1n) is 6.11. The quantitative estimate of drug-likeness (QED) is 0.920. The summed E-state index contributed by atoms with van der Waals surface area (Å²) in [6.45, 7) is 5.37. The molecule has 0 unspecified atom stereocenters. The molecule has 0 atom stereocenters. The van der Waals surface area contributed by atoms with E-state index in [-0.39, 0.29) is 0 Å². The average Bonchev–Trinajstić information content (AvgIpc) is 2.35. The summed E-state index contributed by atoms with van der Waals surface area (Å²) >= 11 is 0. The highest BCUT2D eigenvalue weighted by Gasteiger charge is 2.20. The minimum Gasteiger partial charge on any atom is -0.493 e. The number of benzene rings is 1. The zero-order valence-electron chi connectivity index (χ0n) is 12.7. The zero-order valence-corrected chi connectivity index (χ0v) is 12.7. The third kappa shape index (κ3) is 3.94. The van der Waals surface area contributed by atoms with Gasteiger partial charge in [0.2, 0.25) is 5.75 Å². The van der Waals surface area contributed by atoms with E-state index in [1.165, 1.54) is 21.3 Å². The van der Waals surface area contributed by atoms with Gasteiger partial charge in [-0.2, -0.15) is 0 Å². The SMILES string of the molecule is COc1ccc(NC(=O)OC(C)(C)C)c(OC)c1OC. The van der Waals surface area contributed by atoms with E-state index in [1.54, 1.807) is 32.9 Å². The van der Waals surface area contributed by atoms with E-state index >= 15 is 0 Å². The van der Waals surface area contributed by atoms with Crippen molar-refractivity contribution < 1.29 is 23.7 Å². The molecule has 0 saturated heterocycles. The van der Waals surface area contributed by atoms with E-state index in [1.807, 2.05) is 0 Å². The number of hydrogen-bond acceptors (Lipinski definition) is 5. The largest absolute Gasteiger partial charge is 0.493 e. The molecule has 0 aromatic heterocycles. The number of hydrogen-bond donors (Lipinski definition) is 1. The number of carbonyl (C=O) groups is 1. The molecule has 1 aromatic rings. The molecular formula is C14H21NO5. The minimum absolute atomic E-state index is 0.373. The van der Waals surface area contributed by atoms with Crippen molar-refractivity contribution in [1.29, 1.82) is 0 Å². The molecule has 0 fully saturated rings. The van der Waals surface area contributed by atoms with Crippen LogP contribution < -0.4 is 19.5 Å². The first kappa shape index (κ1) is 15.9. The minimum atomic E-state index is -0.576. The molecule has 6 nitrogen and oxygen atoms in total. The second-order valence-electron chi connectivity index (χ2n) is 5.01. The van der Waals surface area contributed by atoms with Crippen LogP contribution in [0.1, 0.15) is 20.8 Å². The first-order valence-corrected chi connectivity index (χ1v) is 6.11. The summed E-state index contributed by atoms with van der Waals surface area (Å²) in [5.74, 6) is 1.29. The van der Waals surface area contributed by atoms with Gasteiger partial charge in [0.25, 0.3) is 0 Å². The lowest BCUT2D eigenvalue weighted by Crippen LogP contribution is -2.27. The van der Waals surface area contributed by atoms with Gasteiger partial charge in [-0.15, -0.1) is 0 Å². The van der Waals surface area contributed by atoms with Gasteiger partial charge in [0.05, 0.1) is 27.0 Å². The van der Waals surface area contributed by atoms with Crippen molar-refractivity contribution in [3.05, 3.63) is 12.1 Å². The number of carbonyl (C=O) groups excluding carboxylic acids is 1. The maximum Gasteiger partial charge on any atom is 0.412 e. The van der Waals surface area contributed by atoms with Crippen molar-refractivity contribution in [2.45, 2.75) is 26.4 Å². The third-order valence-corrected chi connectivity index (χ3v) is 2.34. The molecule has 20 heavy (non-hydrogen) atoms. The van der Waals surface area contributed by atoms with Crippen molar-refractivity contribution >= 4 is 11.8 Å². The molecule has 1 amide bonds. The molecule has 1 N–H and O–H groups in total. The topological polar surface area (TPSA) is 66.0 Å². The Morgan fingerprint density at radius 1 is 1.00 bits per heavy atom. The van der Waals surface area contributed by atoms with Crippen LogP contribution in [-0.2, 0) is 4.74 Å². The molecule has 0 radical (unpaired) electrons. The van der Waals surface area contributed by atoms with E-state index in [9.17, 15) is 4.79 Å². The Labute approximate surface area is 119 Å². The summed E-state index contributed by atoms with van der Waals surface area (Å²) in [7, 11) is 4.51. The van der Waals surface area contributed by atoms with Gasteiger partial charge in [0.1, 0.15) is 5.60 Å². The van der Waals surface area contributed by atoms with Crippen molar-refractivity contribution in [2.24, 2.45) is 0 Å². The van der Waals surface area contributed by atoms with Crippen LogP contribution in [0.3, 0.4) is 0 Å². The monoisotopic (exact) mass is 283 g/mol. The molecule has 112 valence electrons. The van der Waals surface area contributed by atoms with E-state index in [4.69, 9.17) is 18.9 Å². The lowest BCUT2D eigenvalue weighted by atomic mass is 10.2. The molecule has 0 aliphatic heterocycles. The lowest BCUT2D eigenvalue weighted by molar-refractivity contribution is 0.0635. The fourth-order valence-corrected chi connectivity index (χ4v) is 1.61. The van der Waals surface area contributed by atoms with Gasteiger partial charge in [0, 0.05) is 0 Å². The van der Waals surface area contributed by atoms with Gasteiger partial charge >= 0.3 is 6.09 Å². The Bertz CT molecular complexity index is 479. The van der Waals surface area contributed by atoms with Gasteiger partial charge in [-0.1, -0.05) is 0 Å². The summed E-state index contributed by atoms with van der Waals surface area (Å²) in [5.41, 5.74) is -0.132. The summed E-state index contributed by atoms with van der Waals surface area (Å²) in [6, 6.07) is 3.33. The Balaban J connectivity index is 3.04. The molecule has 0 aliphatic rings. The number of methoxy groups -OCH3 is 3.